The molecule has 0 unspecified atom stereocenters. The van der Waals surface area contributed by atoms with Crippen LogP contribution in [0.5, 0.6) is 0 Å². The van der Waals surface area contributed by atoms with E-state index < -0.39 is 23.3 Å². The summed E-state index contributed by atoms with van der Waals surface area (Å²) in [5.74, 6) is -2.14. The highest BCUT2D eigenvalue weighted by Crippen LogP contribution is 2.32. The predicted octanol–water partition coefficient (Wildman–Crippen LogP) is 4.42. The van der Waals surface area contributed by atoms with Crippen molar-refractivity contribution in [2.45, 2.75) is 6.18 Å². The van der Waals surface area contributed by atoms with Crippen molar-refractivity contribution in [2.24, 2.45) is 0 Å². The molecular formula is C14H8BrF4NO. The SMILES string of the molecule is Nc1ccc(Br)cc1C(=O)c1ccc(F)c(C(F)(F)F)c1. The molecule has 2 rings (SSSR count). The van der Waals surface area contributed by atoms with Crippen LogP contribution in [0.3, 0.4) is 0 Å². The summed E-state index contributed by atoms with van der Waals surface area (Å²) in [6, 6.07) is 6.53. The molecule has 0 spiro atoms. The molecule has 110 valence electrons. The molecule has 0 aliphatic heterocycles. The van der Waals surface area contributed by atoms with Gasteiger partial charge in [0, 0.05) is 21.3 Å². The van der Waals surface area contributed by atoms with Gasteiger partial charge in [-0.05, 0) is 36.4 Å². The van der Waals surface area contributed by atoms with E-state index in [1.54, 1.807) is 6.07 Å². The summed E-state index contributed by atoms with van der Waals surface area (Å²) in [5, 5.41) is 0. The minimum atomic E-state index is -4.87. The summed E-state index contributed by atoms with van der Waals surface area (Å²) >= 11 is 3.15. The van der Waals surface area contributed by atoms with Crippen molar-refractivity contribution in [2.75, 3.05) is 5.73 Å². The molecule has 0 aliphatic rings. The van der Waals surface area contributed by atoms with Crippen LogP contribution < -0.4 is 5.73 Å². The highest BCUT2D eigenvalue weighted by atomic mass is 79.9. The van der Waals surface area contributed by atoms with Gasteiger partial charge in [0.05, 0.1) is 5.56 Å². The number of hydrogen-bond acceptors (Lipinski definition) is 2. The van der Waals surface area contributed by atoms with E-state index >= 15 is 0 Å². The Morgan fingerprint density at radius 3 is 2.38 bits per heavy atom. The molecule has 2 N–H and O–H groups in total. The van der Waals surface area contributed by atoms with E-state index in [9.17, 15) is 22.4 Å². The quantitative estimate of drug-likeness (QED) is 0.488. The maximum atomic E-state index is 13.2. The molecule has 0 aromatic heterocycles. The van der Waals surface area contributed by atoms with Crippen LogP contribution in [0.25, 0.3) is 0 Å². The van der Waals surface area contributed by atoms with Crippen molar-refractivity contribution in [3.8, 4) is 0 Å². The van der Waals surface area contributed by atoms with Gasteiger partial charge in [-0.3, -0.25) is 4.79 Å². The second kappa shape index (κ2) is 5.48. The first kappa shape index (κ1) is 15.5. The van der Waals surface area contributed by atoms with Gasteiger partial charge < -0.3 is 5.73 Å². The van der Waals surface area contributed by atoms with E-state index in [4.69, 9.17) is 5.73 Å². The third-order valence-corrected chi connectivity index (χ3v) is 3.29. The summed E-state index contributed by atoms with van der Waals surface area (Å²) in [4.78, 5) is 12.2. The molecule has 2 aromatic rings. The molecule has 0 bridgehead atoms. The molecule has 0 radical (unpaired) electrons. The molecule has 0 fully saturated rings. The number of ketones is 1. The van der Waals surface area contributed by atoms with E-state index in [-0.39, 0.29) is 16.8 Å². The molecule has 0 heterocycles. The molecule has 2 nitrogen and oxygen atoms in total. The van der Waals surface area contributed by atoms with Crippen LogP contribution in [0.4, 0.5) is 23.2 Å². The Kier molecular flexibility index (Phi) is 4.04. The minimum absolute atomic E-state index is 0.0455. The van der Waals surface area contributed by atoms with Gasteiger partial charge in [-0.2, -0.15) is 13.2 Å². The molecule has 0 atom stereocenters. The van der Waals surface area contributed by atoms with E-state index in [0.717, 1.165) is 6.07 Å². The number of rotatable bonds is 2. The van der Waals surface area contributed by atoms with Gasteiger partial charge in [0.25, 0.3) is 0 Å². The summed E-state index contributed by atoms with van der Waals surface area (Å²) in [6.45, 7) is 0. The second-order valence-corrected chi connectivity index (χ2v) is 5.17. The summed E-state index contributed by atoms with van der Waals surface area (Å²) in [5.41, 5.74) is 4.05. The smallest absolute Gasteiger partial charge is 0.398 e. The minimum Gasteiger partial charge on any atom is -0.398 e. The predicted molar refractivity (Wildman–Crippen MR) is 73.4 cm³/mol. The van der Waals surface area contributed by atoms with Crippen LogP contribution in [0.2, 0.25) is 0 Å². The zero-order valence-electron chi connectivity index (χ0n) is 10.3. The molecule has 2 aromatic carbocycles. The Morgan fingerprint density at radius 2 is 1.76 bits per heavy atom. The van der Waals surface area contributed by atoms with Crippen LogP contribution in [-0.2, 0) is 6.18 Å². The molecule has 21 heavy (non-hydrogen) atoms. The Hall–Kier alpha value is -1.89. The lowest BCUT2D eigenvalue weighted by molar-refractivity contribution is -0.140. The molecule has 7 heteroatoms. The third kappa shape index (κ3) is 3.24. The summed E-state index contributed by atoms with van der Waals surface area (Å²) in [7, 11) is 0. The van der Waals surface area contributed by atoms with Crippen LogP contribution >= 0.6 is 15.9 Å². The number of hydrogen-bond donors (Lipinski definition) is 1. The van der Waals surface area contributed by atoms with Crippen LogP contribution in [0.15, 0.2) is 40.9 Å². The van der Waals surface area contributed by atoms with Gasteiger partial charge in [-0.25, -0.2) is 4.39 Å². The lowest BCUT2D eigenvalue weighted by Crippen LogP contribution is -2.11. The van der Waals surface area contributed by atoms with Crippen molar-refractivity contribution < 1.29 is 22.4 Å². The van der Waals surface area contributed by atoms with E-state index in [1.807, 2.05) is 0 Å². The average Bonchev–Trinajstić information content (AvgIpc) is 2.40. The maximum absolute atomic E-state index is 13.2. The van der Waals surface area contributed by atoms with E-state index in [1.165, 1.54) is 12.1 Å². The number of benzene rings is 2. The zero-order valence-corrected chi connectivity index (χ0v) is 11.9. The fourth-order valence-corrected chi connectivity index (χ4v) is 2.13. The van der Waals surface area contributed by atoms with Gasteiger partial charge in [-0.15, -0.1) is 0 Å². The van der Waals surface area contributed by atoms with Gasteiger partial charge in [0.2, 0.25) is 0 Å². The molecule has 0 saturated heterocycles. The lowest BCUT2D eigenvalue weighted by atomic mass is 9.99. The molecule has 0 saturated carbocycles. The van der Waals surface area contributed by atoms with Gasteiger partial charge in [0.15, 0.2) is 5.78 Å². The number of alkyl halides is 3. The Labute approximate surface area is 125 Å². The topological polar surface area (TPSA) is 43.1 Å². The monoisotopic (exact) mass is 361 g/mol. The number of carbonyl (C=O) groups is 1. The van der Waals surface area contributed by atoms with Crippen molar-refractivity contribution in [1.82, 2.24) is 0 Å². The van der Waals surface area contributed by atoms with Crippen LogP contribution in [-0.4, -0.2) is 5.78 Å². The van der Waals surface area contributed by atoms with E-state index in [2.05, 4.69) is 15.9 Å². The fourth-order valence-electron chi connectivity index (χ4n) is 1.76. The molecular weight excluding hydrogens is 354 g/mol. The number of nitrogen functional groups attached to an aromatic ring is 1. The first-order valence-electron chi connectivity index (χ1n) is 5.66. The largest absolute Gasteiger partial charge is 0.419 e. The Morgan fingerprint density at radius 1 is 1.10 bits per heavy atom. The highest BCUT2D eigenvalue weighted by Gasteiger charge is 2.34. The second-order valence-electron chi connectivity index (χ2n) is 4.25. The maximum Gasteiger partial charge on any atom is 0.419 e. The average molecular weight is 362 g/mol. The standard InChI is InChI=1S/C14H8BrF4NO/c15-8-2-4-12(20)9(6-8)13(21)7-1-3-11(16)10(5-7)14(17,18)19/h1-6H,20H2. The van der Waals surface area contributed by atoms with Crippen molar-refractivity contribution >= 4 is 27.4 Å². The number of carbonyl (C=O) groups excluding carboxylic acids is 1. The first-order valence-corrected chi connectivity index (χ1v) is 6.46. The van der Waals surface area contributed by atoms with Crippen molar-refractivity contribution in [3.05, 3.63) is 63.4 Å². The summed E-state index contributed by atoms with van der Waals surface area (Å²) in [6.07, 6.45) is -4.87. The molecule has 0 amide bonds. The fraction of sp³-hybridized carbons (Fsp3) is 0.0714. The first-order chi connectivity index (χ1) is 9.70. The highest BCUT2D eigenvalue weighted by molar-refractivity contribution is 9.10. The number of anilines is 1. The van der Waals surface area contributed by atoms with Crippen LogP contribution in [0.1, 0.15) is 21.5 Å². The van der Waals surface area contributed by atoms with Gasteiger partial charge in [-0.1, -0.05) is 15.9 Å². The number of nitrogens with two attached hydrogens (primary N) is 1. The third-order valence-electron chi connectivity index (χ3n) is 2.79. The van der Waals surface area contributed by atoms with Crippen LogP contribution in [0, 0.1) is 5.82 Å². The Balaban J connectivity index is 2.52. The lowest BCUT2D eigenvalue weighted by Gasteiger charge is -2.10. The summed E-state index contributed by atoms with van der Waals surface area (Å²) < 4.78 is 51.7. The Bertz CT molecular complexity index is 713. The van der Waals surface area contributed by atoms with Crippen molar-refractivity contribution in [1.29, 1.82) is 0 Å². The van der Waals surface area contributed by atoms with Crippen molar-refractivity contribution in [3.63, 3.8) is 0 Å². The molecule has 0 aliphatic carbocycles. The van der Waals surface area contributed by atoms with Gasteiger partial charge in [0.1, 0.15) is 5.82 Å². The van der Waals surface area contributed by atoms with Gasteiger partial charge >= 0.3 is 6.18 Å². The normalized spacial score (nSPS) is 11.5. The zero-order chi connectivity index (χ0) is 15.8. The van der Waals surface area contributed by atoms with E-state index in [0.29, 0.717) is 16.6 Å². The number of halogens is 5.